The molecule has 0 spiro atoms. The summed E-state index contributed by atoms with van der Waals surface area (Å²) in [6.07, 6.45) is 0. The summed E-state index contributed by atoms with van der Waals surface area (Å²) in [6, 6.07) is 44.6. The normalized spacial score (nSPS) is 10.7. The van der Waals surface area contributed by atoms with E-state index in [9.17, 15) is 0 Å². The van der Waals surface area contributed by atoms with Crippen molar-refractivity contribution in [3.63, 3.8) is 0 Å². The number of rotatable bonds is 4. The molecule has 148 valence electrons. The molecule has 0 N–H and O–H groups in total. The molecule has 0 nitrogen and oxygen atoms in total. The van der Waals surface area contributed by atoms with Crippen LogP contribution >= 0.6 is 11.6 Å². The lowest BCUT2D eigenvalue weighted by molar-refractivity contribution is 1.54. The lowest BCUT2D eigenvalue weighted by atomic mass is 9.85. The molecule has 0 fully saturated rings. The zero-order valence-electron chi connectivity index (χ0n) is 17.0. The van der Waals surface area contributed by atoms with Crippen LogP contribution in [0.4, 0.5) is 0 Å². The second kappa shape index (κ2) is 8.63. The fourth-order valence-corrected chi connectivity index (χ4v) is 4.18. The summed E-state index contributed by atoms with van der Waals surface area (Å²) in [4.78, 5) is 0. The first-order valence-electron chi connectivity index (χ1n) is 10.4. The van der Waals surface area contributed by atoms with E-state index in [0.717, 1.165) is 10.6 Å². The highest BCUT2D eigenvalue weighted by Crippen LogP contribution is 2.43. The van der Waals surface area contributed by atoms with Crippen LogP contribution in [0.5, 0.6) is 0 Å². The maximum absolute atomic E-state index is 6.22. The molecule has 0 saturated carbocycles. The first-order valence-corrected chi connectivity index (χ1v) is 10.8. The van der Waals surface area contributed by atoms with E-state index < -0.39 is 0 Å². The van der Waals surface area contributed by atoms with Gasteiger partial charge in [0.15, 0.2) is 0 Å². The summed E-state index contributed by atoms with van der Waals surface area (Å²) >= 11 is 6.22. The Bertz CT molecular complexity index is 1230. The highest BCUT2D eigenvalue weighted by molar-refractivity contribution is 6.30. The molecule has 0 atom stereocenters. The SMILES string of the molecule is Clc1ccc(-c2c(-c3ccccc3)cc(-c3ccccc3)cc2-c2ccccc2)cc1. The largest absolute Gasteiger partial charge is 0.0843 e. The first kappa shape index (κ1) is 19.4. The molecule has 0 aliphatic heterocycles. The zero-order valence-corrected chi connectivity index (χ0v) is 17.8. The Morgan fingerprint density at radius 2 is 0.774 bits per heavy atom. The maximum Gasteiger partial charge on any atom is 0.0406 e. The molecule has 0 saturated heterocycles. The van der Waals surface area contributed by atoms with Gasteiger partial charge >= 0.3 is 0 Å². The van der Waals surface area contributed by atoms with Crippen LogP contribution in [0.3, 0.4) is 0 Å². The highest BCUT2D eigenvalue weighted by Gasteiger charge is 2.16. The Labute approximate surface area is 188 Å². The van der Waals surface area contributed by atoms with Gasteiger partial charge in [-0.3, -0.25) is 0 Å². The smallest absolute Gasteiger partial charge is 0.0406 e. The van der Waals surface area contributed by atoms with Gasteiger partial charge in [-0.1, -0.05) is 115 Å². The Morgan fingerprint density at radius 1 is 0.355 bits per heavy atom. The Kier molecular flexibility index (Phi) is 5.39. The number of halogens is 1. The summed E-state index contributed by atoms with van der Waals surface area (Å²) in [6.45, 7) is 0. The molecule has 0 aromatic heterocycles. The summed E-state index contributed by atoms with van der Waals surface area (Å²) < 4.78 is 0. The van der Waals surface area contributed by atoms with Gasteiger partial charge in [0.05, 0.1) is 0 Å². The average Bonchev–Trinajstić information content (AvgIpc) is 2.85. The number of hydrogen-bond acceptors (Lipinski definition) is 0. The molecule has 0 bridgehead atoms. The third-order valence-corrected chi connectivity index (χ3v) is 5.80. The van der Waals surface area contributed by atoms with Gasteiger partial charge in [-0.05, 0) is 68.8 Å². The van der Waals surface area contributed by atoms with Gasteiger partial charge in [0, 0.05) is 5.02 Å². The molecule has 0 heterocycles. The van der Waals surface area contributed by atoms with Crippen LogP contribution in [0.1, 0.15) is 0 Å². The van der Waals surface area contributed by atoms with Crippen LogP contribution in [-0.2, 0) is 0 Å². The van der Waals surface area contributed by atoms with E-state index in [1.54, 1.807) is 0 Å². The molecule has 0 radical (unpaired) electrons. The van der Waals surface area contributed by atoms with Crippen molar-refractivity contribution in [3.05, 3.63) is 132 Å². The monoisotopic (exact) mass is 416 g/mol. The van der Waals surface area contributed by atoms with Gasteiger partial charge in [0.2, 0.25) is 0 Å². The fraction of sp³-hybridized carbons (Fsp3) is 0. The Morgan fingerprint density at radius 3 is 1.23 bits per heavy atom. The van der Waals surface area contributed by atoms with Crippen molar-refractivity contribution < 1.29 is 0 Å². The molecule has 0 amide bonds. The molecular formula is C30H21Cl. The molecule has 0 unspecified atom stereocenters. The molecule has 0 aliphatic carbocycles. The molecule has 5 aromatic rings. The Balaban J connectivity index is 1.87. The van der Waals surface area contributed by atoms with Crippen molar-refractivity contribution in [1.29, 1.82) is 0 Å². The third-order valence-electron chi connectivity index (χ3n) is 5.55. The second-order valence-corrected chi connectivity index (χ2v) is 7.99. The lowest BCUT2D eigenvalue weighted by Crippen LogP contribution is -1.93. The van der Waals surface area contributed by atoms with Crippen LogP contribution in [0.25, 0.3) is 44.5 Å². The average molecular weight is 417 g/mol. The summed E-state index contributed by atoms with van der Waals surface area (Å²) in [5.74, 6) is 0. The summed E-state index contributed by atoms with van der Waals surface area (Å²) in [5.41, 5.74) is 9.60. The topological polar surface area (TPSA) is 0 Å². The van der Waals surface area contributed by atoms with Crippen LogP contribution in [0, 0.1) is 0 Å². The highest BCUT2D eigenvalue weighted by atomic mass is 35.5. The predicted octanol–water partition coefficient (Wildman–Crippen LogP) is 9.01. The summed E-state index contributed by atoms with van der Waals surface area (Å²) in [7, 11) is 0. The zero-order chi connectivity index (χ0) is 21.0. The minimum absolute atomic E-state index is 0.743. The molecular weight excluding hydrogens is 396 g/mol. The second-order valence-electron chi connectivity index (χ2n) is 7.55. The maximum atomic E-state index is 6.22. The van der Waals surface area contributed by atoms with Crippen LogP contribution < -0.4 is 0 Å². The quantitative estimate of drug-likeness (QED) is 0.274. The fourth-order valence-electron chi connectivity index (χ4n) is 4.06. The molecule has 5 aromatic carbocycles. The minimum Gasteiger partial charge on any atom is -0.0843 e. The van der Waals surface area contributed by atoms with Crippen LogP contribution in [0.15, 0.2) is 127 Å². The molecule has 1 heteroatoms. The summed E-state index contributed by atoms with van der Waals surface area (Å²) in [5, 5.41) is 0.743. The number of hydrogen-bond donors (Lipinski definition) is 0. The van der Waals surface area contributed by atoms with E-state index in [-0.39, 0.29) is 0 Å². The Hall–Kier alpha value is -3.61. The third kappa shape index (κ3) is 4.03. The van der Waals surface area contributed by atoms with Gasteiger partial charge < -0.3 is 0 Å². The van der Waals surface area contributed by atoms with Crippen molar-refractivity contribution >= 4 is 11.6 Å². The lowest BCUT2D eigenvalue weighted by Gasteiger charge is -2.19. The van der Waals surface area contributed by atoms with Crippen molar-refractivity contribution in [2.75, 3.05) is 0 Å². The van der Waals surface area contributed by atoms with Gasteiger partial charge in [-0.15, -0.1) is 0 Å². The van der Waals surface area contributed by atoms with E-state index in [1.807, 2.05) is 12.1 Å². The molecule has 31 heavy (non-hydrogen) atoms. The van der Waals surface area contributed by atoms with Gasteiger partial charge in [0.25, 0.3) is 0 Å². The number of benzene rings is 5. The van der Waals surface area contributed by atoms with Crippen LogP contribution in [-0.4, -0.2) is 0 Å². The standard InChI is InChI=1S/C30H21Cl/c31-27-18-16-25(17-19-27)30-28(23-12-6-2-7-13-23)20-26(22-10-4-1-5-11-22)21-29(30)24-14-8-3-9-15-24/h1-21H. The van der Waals surface area contributed by atoms with E-state index in [0.29, 0.717) is 0 Å². The first-order chi connectivity index (χ1) is 15.3. The van der Waals surface area contributed by atoms with E-state index in [4.69, 9.17) is 11.6 Å². The van der Waals surface area contributed by atoms with Crippen molar-refractivity contribution in [3.8, 4) is 44.5 Å². The molecule has 5 rings (SSSR count). The van der Waals surface area contributed by atoms with Crippen molar-refractivity contribution in [2.24, 2.45) is 0 Å². The van der Waals surface area contributed by atoms with Crippen LogP contribution in [0.2, 0.25) is 5.02 Å². The van der Waals surface area contributed by atoms with Gasteiger partial charge in [-0.2, -0.15) is 0 Å². The van der Waals surface area contributed by atoms with E-state index >= 15 is 0 Å². The van der Waals surface area contributed by atoms with Crippen molar-refractivity contribution in [1.82, 2.24) is 0 Å². The van der Waals surface area contributed by atoms with E-state index in [1.165, 1.54) is 38.9 Å². The van der Waals surface area contributed by atoms with Gasteiger partial charge in [0.1, 0.15) is 0 Å². The van der Waals surface area contributed by atoms with Gasteiger partial charge in [-0.25, -0.2) is 0 Å². The molecule has 0 aliphatic rings. The van der Waals surface area contributed by atoms with E-state index in [2.05, 4.69) is 115 Å². The minimum atomic E-state index is 0.743. The predicted molar refractivity (Wildman–Crippen MR) is 133 cm³/mol. The van der Waals surface area contributed by atoms with Crippen molar-refractivity contribution in [2.45, 2.75) is 0 Å².